The zero-order valence-corrected chi connectivity index (χ0v) is 14.2. The maximum absolute atomic E-state index is 12.3. The second-order valence-electron chi connectivity index (χ2n) is 5.40. The summed E-state index contributed by atoms with van der Waals surface area (Å²) in [6, 6.07) is 7.79. The van der Waals surface area contributed by atoms with Crippen LogP contribution in [0.25, 0.3) is 21.9 Å². The number of thiophene rings is 1. The van der Waals surface area contributed by atoms with E-state index >= 15 is 0 Å². The molecule has 0 saturated heterocycles. The fraction of sp³-hybridized carbons (Fsp3) is 0.118. The predicted octanol–water partition coefficient (Wildman–Crippen LogP) is 3.57. The predicted molar refractivity (Wildman–Crippen MR) is 96.3 cm³/mol. The minimum absolute atomic E-state index is 0.0341. The molecule has 0 aliphatic heterocycles. The van der Waals surface area contributed by atoms with Crippen LogP contribution < -0.4 is 5.56 Å². The van der Waals surface area contributed by atoms with Gasteiger partial charge in [-0.15, -0.1) is 11.3 Å². The van der Waals surface area contributed by atoms with E-state index in [4.69, 9.17) is 0 Å². The Morgan fingerprint density at radius 2 is 2.04 bits per heavy atom. The summed E-state index contributed by atoms with van der Waals surface area (Å²) < 4.78 is 0. The van der Waals surface area contributed by atoms with E-state index in [-0.39, 0.29) is 22.6 Å². The first kappa shape index (κ1) is 16.5. The molecule has 0 bridgehead atoms. The molecule has 1 N–H and O–H groups in total. The molecule has 0 radical (unpaired) electrons. The Bertz CT molecular complexity index is 1120. The molecule has 0 unspecified atom stereocenters. The lowest BCUT2D eigenvalue weighted by Gasteiger charge is -2.00. The van der Waals surface area contributed by atoms with Gasteiger partial charge in [0.05, 0.1) is 15.9 Å². The highest BCUT2D eigenvalue weighted by Crippen LogP contribution is 2.27. The van der Waals surface area contributed by atoms with Crippen LogP contribution in [0.15, 0.2) is 29.1 Å². The zero-order valence-electron chi connectivity index (χ0n) is 13.4. The van der Waals surface area contributed by atoms with E-state index in [0.717, 1.165) is 10.4 Å². The summed E-state index contributed by atoms with van der Waals surface area (Å²) in [7, 11) is 0. The quantitative estimate of drug-likeness (QED) is 0.440. The minimum atomic E-state index is -0.493. The molecule has 25 heavy (non-hydrogen) atoms. The molecule has 2 heterocycles. The van der Waals surface area contributed by atoms with E-state index < -0.39 is 4.92 Å². The van der Waals surface area contributed by atoms with Gasteiger partial charge in [-0.05, 0) is 43.2 Å². The third-order valence-electron chi connectivity index (χ3n) is 3.83. The number of allylic oxidation sites excluding steroid dienone is 1. The molecule has 0 atom stereocenters. The highest BCUT2D eigenvalue weighted by Gasteiger charge is 2.14. The Kier molecular flexibility index (Phi) is 4.17. The van der Waals surface area contributed by atoms with Gasteiger partial charge in [0.2, 0.25) is 0 Å². The number of aryl methyl sites for hydroxylation is 2. The molecule has 0 aliphatic rings. The van der Waals surface area contributed by atoms with Gasteiger partial charge in [-0.2, -0.15) is 5.26 Å². The number of hydrogen-bond acceptors (Lipinski definition) is 6. The van der Waals surface area contributed by atoms with Crippen molar-refractivity contribution in [2.24, 2.45) is 0 Å². The summed E-state index contributed by atoms with van der Waals surface area (Å²) in [5, 5.41) is 20.7. The van der Waals surface area contributed by atoms with Gasteiger partial charge < -0.3 is 4.98 Å². The normalized spacial score (nSPS) is 11.5. The number of nitro benzene ring substituents is 1. The van der Waals surface area contributed by atoms with Gasteiger partial charge >= 0.3 is 0 Å². The average molecular weight is 352 g/mol. The van der Waals surface area contributed by atoms with Crippen molar-refractivity contribution in [1.82, 2.24) is 9.97 Å². The maximum atomic E-state index is 12.3. The van der Waals surface area contributed by atoms with Crippen LogP contribution in [0.1, 0.15) is 21.8 Å². The summed E-state index contributed by atoms with van der Waals surface area (Å²) in [4.78, 5) is 31.2. The molecule has 3 rings (SSSR count). The molecule has 0 aliphatic carbocycles. The van der Waals surface area contributed by atoms with Crippen molar-refractivity contribution >= 4 is 38.9 Å². The molecular formula is C17H12N4O3S. The first-order valence-corrected chi connectivity index (χ1v) is 8.09. The smallest absolute Gasteiger partial charge is 0.269 e. The number of fused-ring (bicyclic) bond motifs is 1. The molecule has 1 aromatic carbocycles. The third kappa shape index (κ3) is 3.05. The Balaban J connectivity index is 2.09. The number of nitrogens with one attached hydrogen (secondary N) is 1. The van der Waals surface area contributed by atoms with Gasteiger partial charge in [0.25, 0.3) is 11.2 Å². The van der Waals surface area contributed by atoms with Crippen LogP contribution in [0.2, 0.25) is 0 Å². The Labute approximate surface area is 146 Å². The number of benzene rings is 1. The molecule has 0 spiro atoms. The summed E-state index contributed by atoms with van der Waals surface area (Å²) in [6.45, 7) is 3.78. The molecule has 8 heteroatoms. The first-order valence-electron chi connectivity index (χ1n) is 7.27. The van der Waals surface area contributed by atoms with Crippen LogP contribution in [0.3, 0.4) is 0 Å². The average Bonchev–Trinajstić information content (AvgIpc) is 2.87. The fourth-order valence-electron chi connectivity index (χ4n) is 2.39. The summed E-state index contributed by atoms with van der Waals surface area (Å²) >= 11 is 1.40. The van der Waals surface area contributed by atoms with Crippen LogP contribution >= 0.6 is 11.3 Å². The number of nitriles is 1. The molecule has 0 fully saturated rings. The van der Waals surface area contributed by atoms with Gasteiger partial charge in [-0.1, -0.05) is 0 Å². The standard InChI is InChI=1S/C17H12N4O3S/c1-9-10(2)25-17-14(9)16(22)19-15(20-17)12(8-18)7-11-3-5-13(6-4-11)21(23)24/h3-7H,1-2H3,(H,19,20,22). The van der Waals surface area contributed by atoms with Crippen LogP contribution in [-0.4, -0.2) is 14.9 Å². The lowest BCUT2D eigenvalue weighted by atomic mass is 10.1. The summed E-state index contributed by atoms with van der Waals surface area (Å²) in [6.07, 6.45) is 1.53. The molecule has 3 aromatic rings. The van der Waals surface area contributed by atoms with E-state index in [1.165, 1.54) is 41.7 Å². The van der Waals surface area contributed by atoms with Crippen LogP contribution in [0, 0.1) is 35.3 Å². The van der Waals surface area contributed by atoms with Gasteiger partial charge in [0, 0.05) is 17.0 Å². The second kappa shape index (κ2) is 6.30. The molecule has 7 nitrogen and oxygen atoms in total. The minimum Gasteiger partial charge on any atom is -0.305 e. The number of hydrogen-bond donors (Lipinski definition) is 1. The number of nitrogens with zero attached hydrogens (tertiary/aromatic N) is 3. The van der Waals surface area contributed by atoms with Crippen LogP contribution in [-0.2, 0) is 0 Å². The molecule has 124 valence electrons. The van der Waals surface area contributed by atoms with E-state index in [2.05, 4.69) is 9.97 Å². The number of nitro groups is 1. The summed E-state index contributed by atoms with van der Waals surface area (Å²) in [5.74, 6) is 0.180. The molecule has 2 aromatic heterocycles. The second-order valence-corrected chi connectivity index (χ2v) is 6.60. The summed E-state index contributed by atoms with van der Waals surface area (Å²) in [5.41, 5.74) is 1.35. The third-order valence-corrected chi connectivity index (χ3v) is 4.93. The zero-order chi connectivity index (χ0) is 18.1. The van der Waals surface area contributed by atoms with Crippen molar-refractivity contribution in [2.75, 3.05) is 0 Å². The number of aromatic amines is 1. The maximum Gasteiger partial charge on any atom is 0.269 e. The number of rotatable bonds is 3. The van der Waals surface area contributed by atoms with Crippen molar-refractivity contribution < 1.29 is 4.92 Å². The van der Waals surface area contributed by atoms with Gasteiger partial charge in [-0.3, -0.25) is 14.9 Å². The topological polar surface area (TPSA) is 113 Å². The fourth-order valence-corrected chi connectivity index (χ4v) is 3.42. The van der Waals surface area contributed by atoms with Gasteiger partial charge in [-0.25, -0.2) is 4.98 Å². The van der Waals surface area contributed by atoms with Crippen molar-refractivity contribution in [3.63, 3.8) is 0 Å². The van der Waals surface area contributed by atoms with Crippen LogP contribution in [0.5, 0.6) is 0 Å². The first-order chi connectivity index (χ1) is 11.9. The molecular weight excluding hydrogens is 340 g/mol. The van der Waals surface area contributed by atoms with Crippen LogP contribution in [0.4, 0.5) is 5.69 Å². The highest BCUT2D eigenvalue weighted by atomic mass is 32.1. The van der Waals surface area contributed by atoms with E-state index in [1.54, 1.807) is 0 Å². The molecule has 0 saturated carbocycles. The monoisotopic (exact) mass is 352 g/mol. The van der Waals surface area contributed by atoms with E-state index in [1.807, 2.05) is 19.9 Å². The lowest BCUT2D eigenvalue weighted by Crippen LogP contribution is -2.10. The van der Waals surface area contributed by atoms with Crippen molar-refractivity contribution in [1.29, 1.82) is 5.26 Å². The Hall–Kier alpha value is -3.31. The van der Waals surface area contributed by atoms with E-state index in [0.29, 0.717) is 15.8 Å². The lowest BCUT2D eigenvalue weighted by molar-refractivity contribution is -0.384. The Morgan fingerprint density at radius 1 is 1.36 bits per heavy atom. The highest BCUT2D eigenvalue weighted by molar-refractivity contribution is 7.18. The van der Waals surface area contributed by atoms with Gasteiger partial charge in [0.15, 0.2) is 5.82 Å². The number of H-pyrrole nitrogens is 1. The molecule has 0 amide bonds. The number of non-ortho nitro benzene ring substituents is 1. The Morgan fingerprint density at radius 3 is 2.64 bits per heavy atom. The SMILES string of the molecule is Cc1sc2nc(C(C#N)=Cc3ccc([N+](=O)[O-])cc3)[nH]c(=O)c2c1C. The number of aromatic nitrogens is 2. The van der Waals surface area contributed by atoms with E-state index in [9.17, 15) is 20.2 Å². The van der Waals surface area contributed by atoms with Crippen molar-refractivity contribution in [2.45, 2.75) is 13.8 Å². The van der Waals surface area contributed by atoms with Crippen molar-refractivity contribution in [3.8, 4) is 6.07 Å². The van der Waals surface area contributed by atoms with Crippen molar-refractivity contribution in [3.05, 3.63) is 66.6 Å². The largest absolute Gasteiger partial charge is 0.305 e. The van der Waals surface area contributed by atoms with Gasteiger partial charge in [0.1, 0.15) is 10.9 Å².